The fraction of sp³-hybridized carbons (Fsp3) is 0.0667. The Bertz CT molecular complexity index is 720. The maximum Gasteiger partial charge on any atom is 0.246 e. The minimum Gasteiger partial charge on any atom is -0.323 e. The summed E-state index contributed by atoms with van der Waals surface area (Å²) < 4.78 is 1.77. The van der Waals surface area contributed by atoms with Crippen molar-refractivity contribution >= 4 is 34.8 Å². The second-order valence-electron chi connectivity index (χ2n) is 4.53. The summed E-state index contributed by atoms with van der Waals surface area (Å²) >= 11 is 11.9. The van der Waals surface area contributed by atoms with Crippen LogP contribution >= 0.6 is 23.2 Å². The summed E-state index contributed by atoms with van der Waals surface area (Å²) in [7, 11) is 0. The largest absolute Gasteiger partial charge is 0.323 e. The van der Waals surface area contributed by atoms with Crippen LogP contribution in [-0.4, -0.2) is 14.8 Å². The number of aromatic nitrogens is 3. The first kappa shape index (κ1) is 13.9. The van der Waals surface area contributed by atoms with E-state index in [2.05, 4.69) is 15.4 Å². The molecule has 0 saturated carbocycles. The lowest BCUT2D eigenvalue weighted by molar-refractivity contribution is 0.687. The third kappa shape index (κ3) is 3.74. The van der Waals surface area contributed by atoms with Crippen LogP contribution in [0.15, 0.2) is 54.9 Å². The highest BCUT2D eigenvalue weighted by molar-refractivity contribution is 6.35. The minimum absolute atomic E-state index is 0.504. The summed E-state index contributed by atoms with van der Waals surface area (Å²) in [6.45, 7) is 0.672. The Hall–Kier alpha value is -2.04. The van der Waals surface area contributed by atoms with Gasteiger partial charge in [-0.15, -0.1) is 5.10 Å². The number of rotatable bonds is 4. The van der Waals surface area contributed by atoms with E-state index in [-0.39, 0.29) is 0 Å². The normalized spacial score (nSPS) is 10.6. The predicted molar refractivity (Wildman–Crippen MR) is 85.3 cm³/mol. The van der Waals surface area contributed by atoms with Gasteiger partial charge in [-0.2, -0.15) is 0 Å². The van der Waals surface area contributed by atoms with Gasteiger partial charge in [0.25, 0.3) is 0 Å². The summed E-state index contributed by atoms with van der Waals surface area (Å²) in [4.78, 5) is 4.22. The van der Waals surface area contributed by atoms with Crippen LogP contribution in [0, 0.1) is 0 Å². The van der Waals surface area contributed by atoms with Crippen LogP contribution in [-0.2, 0) is 6.54 Å². The van der Waals surface area contributed by atoms with Crippen molar-refractivity contribution in [2.24, 2.45) is 0 Å². The van der Waals surface area contributed by atoms with Crippen LogP contribution < -0.4 is 5.32 Å². The van der Waals surface area contributed by atoms with Gasteiger partial charge in [-0.25, -0.2) is 9.67 Å². The maximum atomic E-state index is 5.96. The van der Waals surface area contributed by atoms with Crippen LogP contribution in [0.5, 0.6) is 0 Å². The molecule has 6 heteroatoms. The molecule has 0 aliphatic heterocycles. The van der Waals surface area contributed by atoms with Crippen LogP contribution in [0.25, 0.3) is 0 Å². The van der Waals surface area contributed by atoms with E-state index >= 15 is 0 Å². The molecule has 106 valence electrons. The molecule has 1 heterocycles. The summed E-state index contributed by atoms with van der Waals surface area (Å²) in [5, 5.41) is 8.58. The van der Waals surface area contributed by atoms with E-state index in [0.717, 1.165) is 5.69 Å². The van der Waals surface area contributed by atoms with E-state index in [9.17, 15) is 0 Å². The highest BCUT2D eigenvalue weighted by Gasteiger charge is 2.04. The Kier molecular flexibility index (Phi) is 4.08. The second-order valence-corrected chi connectivity index (χ2v) is 5.41. The first-order valence-electron chi connectivity index (χ1n) is 6.35. The van der Waals surface area contributed by atoms with Gasteiger partial charge in [0.15, 0.2) is 0 Å². The Morgan fingerprint density at radius 2 is 1.71 bits per heavy atom. The lowest BCUT2D eigenvalue weighted by atomic mass is 10.2. The number of hydrogen-bond donors (Lipinski definition) is 1. The zero-order chi connectivity index (χ0) is 14.7. The molecule has 0 aliphatic carbocycles. The number of anilines is 2. The zero-order valence-corrected chi connectivity index (χ0v) is 12.5. The van der Waals surface area contributed by atoms with Crippen molar-refractivity contribution in [3.8, 4) is 0 Å². The van der Waals surface area contributed by atoms with Crippen molar-refractivity contribution < 1.29 is 0 Å². The summed E-state index contributed by atoms with van der Waals surface area (Å²) in [6.07, 6.45) is 1.68. The summed E-state index contributed by atoms with van der Waals surface area (Å²) in [5.74, 6) is 0.504. The molecular weight excluding hydrogens is 307 g/mol. The molecule has 0 saturated heterocycles. The molecule has 0 bridgehead atoms. The third-order valence-electron chi connectivity index (χ3n) is 2.84. The molecule has 0 atom stereocenters. The molecule has 3 aromatic rings. The van der Waals surface area contributed by atoms with Crippen LogP contribution in [0.4, 0.5) is 11.6 Å². The standard InChI is InChI=1S/C15H12Cl2N4/c16-12-6-13(17)8-14(7-12)19-15-18-10-21(20-15)9-11-4-2-1-3-5-11/h1-8,10H,9H2,(H,19,20). The summed E-state index contributed by atoms with van der Waals surface area (Å²) in [5.41, 5.74) is 1.92. The average Bonchev–Trinajstić information content (AvgIpc) is 2.86. The van der Waals surface area contributed by atoms with Gasteiger partial charge in [0, 0.05) is 15.7 Å². The van der Waals surface area contributed by atoms with Gasteiger partial charge in [0.2, 0.25) is 5.95 Å². The minimum atomic E-state index is 0.504. The van der Waals surface area contributed by atoms with Gasteiger partial charge in [-0.05, 0) is 23.8 Å². The van der Waals surface area contributed by atoms with Gasteiger partial charge in [0.1, 0.15) is 6.33 Å². The van der Waals surface area contributed by atoms with Gasteiger partial charge in [-0.1, -0.05) is 53.5 Å². The molecule has 0 aliphatic rings. The van der Waals surface area contributed by atoms with Crippen LogP contribution in [0.2, 0.25) is 10.0 Å². The van der Waals surface area contributed by atoms with Crippen LogP contribution in [0.3, 0.4) is 0 Å². The maximum absolute atomic E-state index is 5.96. The Balaban J connectivity index is 1.73. The van der Waals surface area contributed by atoms with E-state index in [0.29, 0.717) is 22.5 Å². The average molecular weight is 319 g/mol. The predicted octanol–water partition coefficient (Wildman–Crippen LogP) is 4.38. The molecule has 3 rings (SSSR count). The highest BCUT2D eigenvalue weighted by atomic mass is 35.5. The molecule has 1 aromatic heterocycles. The van der Waals surface area contributed by atoms with Crippen molar-refractivity contribution in [3.63, 3.8) is 0 Å². The molecule has 4 nitrogen and oxygen atoms in total. The lowest BCUT2D eigenvalue weighted by Gasteiger charge is -2.03. The second kappa shape index (κ2) is 6.16. The molecule has 0 radical (unpaired) electrons. The van der Waals surface area contributed by atoms with Crippen molar-refractivity contribution in [3.05, 3.63) is 70.5 Å². The van der Waals surface area contributed by atoms with E-state index in [1.807, 2.05) is 30.3 Å². The Labute approximate surface area is 132 Å². The molecule has 2 aromatic carbocycles. The molecule has 0 fully saturated rings. The Morgan fingerprint density at radius 1 is 1.00 bits per heavy atom. The zero-order valence-electron chi connectivity index (χ0n) is 11.0. The smallest absolute Gasteiger partial charge is 0.246 e. The number of nitrogens with one attached hydrogen (secondary N) is 1. The van der Waals surface area contributed by atoms with E-state index in [4.69, 9.17) is 23.2 Å². The number of hydrogen-bond acceptors (Lipinski definition) is 3. The van der Waals surface area contributed by atoms with Gasteiger partial charge in [0.05, 0.1) is 6.54 Å². The fourth-order valence-electron chi connectivity index (χ4n) is 1.95. The van der Waals surface area contributed by atoms with Crippen molar-refractivity contribution in [1.29, 1.82) is 0 Å². The number of benzene rings is 2. The molecular formula is C15H12Cl2N4. The van der Waals surface area contributed by atoms with Crippen molar-refractivity contribution in [1.82, 2.24) is 14.8 Å². The van der Waals surface area contributed by atoms with E-state index in [1.54, 1.807) is 29.2 Å². The van der Waals surface area contributed by atoms with Gasteiger partial charge < -0.3 is 5.32 Å². The highest BCUT2D eigenvalue weighted by Crippen LogP contribution is 2.24. The number of halogens is 2. The summed E-state index contributed by atoms with van der Waals surface area (Å²) in [6, 6.07) is 15.3. The van der Waals surface area contributed by atoms with E-state index < -0.39 is 0 Å². The molecule has 21 heavy (non-hydrogen) atoms. The molecule has 0 spiro atoms. The quantitative estimate of drug-likeness (QED) is 0.776. The monoisotopic (exact) mass is 318 g/mol. The molecule has 0 unspecified atom stereocenters. The first-order chi connectivity index (χ1) is 10.2. The van der Waals surface area contributed by atoms with Crippen molar-refractivity contribution in [2.75, 3.05) is 5.32 Å². The third-order valence-corrected chi connectivity index (χ3v) is 3.28. The van der Waals surface area contributed by atoms with Gasteiger partial charge in [-0.3, -0.25) is 0 Å². The van der Waals surface area contributed by atoms with Crippen molar-refractivity contribution in [2.45, 2.75) is 6.54 Å². The topological polar surface area (TPSA) is 42.7 Å². The number of nitrogens with zero attached hydrogens (tertiary/aromatic N) is 3. The first-order valence-corrected chi connectivity index (χ1v) is 7.11. The molecule has 0 amide bonds. The fourth-order valence-corrected chi connectivity index (χ4v) is 2.48. The molecule has 1 N–H and O–H groups in total. The Morgan fingerprint density at radius 3 is 2.43 bits per heavy atom. The SMILES string of the molecule is Clc1cc(Cl)cc(Nc2ncn(Cc3ccccc3)n2)c1. The van der Waals surface area contributed by atoms with Crippen LogP contribution in [0.1, 0.15) is 5.56 Å². The van der Waals surface area contributed by atoms with E-state index in [1.165, 1.54) is 5.56 Å². The lowest BCUT2D eigenvalue weighted by Crippen LogP contribution is -2.01. The van der Waals surface area contributed by atoms with Gasteiger partial charge >= 0.3 is 0 Å².